The molecule has 2 aliphatic heterocycles. The van der Waals surface area contributed by atoms with Gasteiger partial charge in [0.05, 0.1) is 0 Å². The Morgan fingerprint density at radius 2 is 2.36 bits per heavy atom. The number of ether oxygens (including phenoxy) is 1. The van der Waals surface area contributed by atoms with Gasteiger partial charge in [0.25, 0.3) is 0 Å². The van der Waals surface area contributed by atoms with Gasteiger partial charge in [-0.2, -0.15) is 0 Å². The van der Waals surface area contributed by atoms with E-state index in [1.807, 2.05) is 0 Å². The number of imide groups is 1. The molecule has 1 unspecified atom stereocenters. The highest BCUT2D eigenvalue weighted by atomic mass is 16.5. The molecule has 14 heavy (non-hydrogen) atoms. The lowest BCUT2D eigenvalue weighted by atomic mass is 10.1. The zero-order chi connectivity index (χ0) is 9.97. The third-order valence-corrected chi connectivity index (χ3v) is 2.70. The summed E-state index contributed by atoms with van der Waals surface area (Å²) in [5, 5.41) is 2.26. The normalized spacial score (nSPS) is 27.1. The standard InChI is InChI=1S/C9H14N2O3/c12-8-5-11(9(13)10-8)3-1-7-2-4-14-6-7/h7H,1-6H2,(H,10,12,13). The maximum Gasteiger partial charge on any atom is 0.324 e. The van der Waals surface area contributed by atoms with Crippen LogP contribution in [0.1, 0.15) is 12.8 Å². The van der Waals surface area contributed by atoms with Gasteiger partial charge in [-0.15, -0.1) is 0 Å². The van der Waals surface area contributed by atoms with Crippen molar-refractivity contribution in [3.8, 4) is 0 Å². The van der Waals surface area contributed by atoms with Crippen LogP contribution >= 0.6 is 0 Å². The molecule has 0 radical (unpaired) electrons. The van der Waals surface area contributed by atoms with Crippen LogP contribution in [0.4, 0.5) is 4.79 Å². The number of carbonyl (C=O) groups is 2. The van der Waals surface area contributed by atoms with E-state index in [0.717, 1.165) is 26.1 Å². The predicted molar refractivity (Wildman–Crippen MR) is 48.7 cm³/mol. The monoisotopic (exact) mass is 198 g/mol. The van der Waals surface area contributed by atoms with Crippen LogP contribution < -0.4 is 5.32 Å². The van der Waals surface area contributed by atoms with Gasteiger partial charge >= 0.3 is 6.03 Å². The largest absolute Gasteiger partial charge is 0.381 e. The topological polar surface area (TPSA) is 58.6 Å². The van der Waals surface area contributed by atoms with E-state index >= 15 is 0 Å². The molecule has 2 aliphatic rings. The second kappa shape index (κ2) is 3.96. The molecular weight excluding hydrogens is 184 g/mol. The number of nitrogens with one attached hydrogen (secondary N) is 1. The molecule has 0 saturated carbocycles. The van der Waals surface area contributed by atoms with Crippen LogP contribution in [0.15, 0.2) is 0 Å². The summed E-state index contributed by atoms with van der Waals surface area (Å²) in [5.41, 5.74) is 0. The third kappa shape index (κ3) is 2.04. The molecule has 2 heterocycles. The summed E-state index contributed by atoms with van der Waals surface area (Å²) >= 11 is 0. The van der Waals surface area contributed by atoms with Crippen LogP contribution in [0.3, 0.4) is 0 Å². The molecule has 78 valence electrons. The molecule has 0 aromatic carbocycles. The zero-order valence-electron chi connectivity index (χ0n) is 7.99. The minimum atomic E-state index is -0.256. The molecular formula is C9H14N2O3. The van der Waals surface area contributed by atoms with E-state index < -0.39 is 0 Å². The molecule has 0 spiro atoms. The molecule has 5 nitrogen and oxygen atoms in total. The van der Waals surface area contributed by atoms with Crippen molar-refractivity contribution in [3.63, 3.8) is 0 Å². The van der Waals surface area contributed by atoms with E-state index in [1.165, 1.54) is 0 Å². The Kier molecular flexibility index (Phi) is 2.67. The molecule has 2 saturated heterocycles. The van der Waals surface area contributed by atoms with Crippen LogP contribution in [0.5, 0.6) is 0 Å². The van der Waals surface area contributed by atoms with Crippen molar-refractivity contribution in [2.24, 2.45) is 5.92 Å². The third-order valence-electron chi connectivity index (χ3n) is 2.70. The van der Waals surface area contributed by atoms with E-state index in [1.54, 1.807) is 4.90 Å². The lowest BCUT2D eigenvalue weighted by molar-refractivity contribution is -0.118. The molecule has 1 N–H and O–H groups in total. The number of hydrogen-bond acceptors (Lipinski definition) is 3. The first kappa shape index (κ1) is 9.45. The van der Waals surface area contributed by atoms with Gasteiger partial charge in [-0.25, -0.2) is 4.79 Å². The van der Waals surface area contributed by atoms with Gasteiger partial charge < -0.3 is 9.64 Å². The number of urea groups is 1. The summed E-state index contributed by atoms with van der Waals surface area (Å²) in [6.45, 7) is 2.50. The first-order valence-electron chi connectivity index (χ1n) is 4.92. The van der Waals surface area contributed by atoms with Gasteiger partial charge in [0.1, 0.15) is 6.54 Å². The molecule has 0 aliphatic carbocycles. The quantitative estimate of drug-likeness (QED) is 0.647. The number of amides is 3. The fraction of sp³-hybridized carbons (Fsp3) is 0.778. The first-order chi connectivity index (χ1) is 6.75. The molecule has 0 bridgehead atoms. The SMILES string of the molecule is O=C1CN(CCC2CCOC2)C(=O)N1. The fourth-order valence-electron chi connectivity index (χ4n) is 1.81. The smallest absolute Gasteiger partial charge is 0.324 e. The van der Waals surface area contributed by atoms with Crippen molar-refractivity contribution in [1.29, 1.82) is 0 Å². The Bertz CT molecular complexity index is 248. The van der Waals surface area contributed by atoms with Gasteiger partial charge in [0, 0.05) is 19.8 Å². The average Bonchev–Trinajstić information content (AvgIpc) is 2.72. The van der Waals surface area contributed by atoms with Gasteiger partial charge in [-0.1, -0.05) is 0 Å². The molecule has 5 heteroatoms. The molecule has 3 amide bonds. The van der Waals surface area contributed by atoms with E-state index in [9.17, 15) is 9.59 Å². The summed E-state index contributed by atoms with van der Waals surface area (Å²) in [4.78, 5) is 23.6. The molecule has 1 atom stereocenters. The lowest BCUT2D eigenvalue weighted by Crippen LogP contribution is -2.30. The van der Waals surface area contributed by atoms with E-state index in [-0.39, 0.29) is 18.5 Å². The molecule has 0 aromatic heterocycles. The van der Waals surface area contributed by atoms with Crippen LogP contribution in [-0.2, 0) is 9.53 Å². The van der Waals surface area contributed by atoms with Crippen molar-refractivity contribution in [2.45, 2.75) is 12.8 Å². The van der Waals surface area contributed by atoms with Gasteiger partial charge in [-0.05, 0) is 18.8 Å². The van der Waals surface area contributed by atoms with Gasteiger partial charge in [0.15, 0.2) is 0 Å². The Morgan fingerprint density at radius 1 is 1.50 bits per heavy atom. The zero-order valence-corrected chi connectivity index (χ0v) is 7.99. The number of rotatable bonds is 3. The van der Waals surface area contributed by atoms with Crippen molar-refractivity contribution in [3.05, 3.63) is 0 Å². The Balaban J connectivity index is 1.74. The van der Waals surface area contributed by atoms with Crippen molar-refractivity contribution >= 4 is 11.9 Å². The highest BCUT2D eigenvalue weighted by Gasteiger charge is 2.27. The minimum absolute atomic E-state index is 0.197. The second-order valence-electron chi connectivity index (χ2n) is 3.79. The fourth-order valence-corrected chi connectivity index (χ4v) is 1.81. The highest BCUT2D eigenvalue weighted by Crippen LogP contribution is 2.17. The number of carbonyl (C=O) groups excluding carboxylic acids is 2. The summed E-state index contributed by atoms with van der Waals surface area (Å²) in [7, 11) is 0. The number of hydrogen-bond donors (Lipinski definition) is 1. The molecule has 2 rings (SSSR count). The van der Waals surface area contributed by atoms with Crippen LogP contribution in [0, 0.1) is 5.92 Å². The van der Waals surface area contributed by atoms with Crippen LogP contribution in [-0.4, -0.2) is 43.1 Å². The summed E-state index contributed by atoms with van der Waals surface area (Å²) in [5.74, 6) is 0.358. The van der Waals surface area contributed by atoms with E-state index in [4.69, 9.17) is 4.74 Å². The molecule has 0 aromatic rings. The van der Waals surface area contributed by atoms with Crippen LogP contribution in [0.2, 0.25) is 0 Å². The lowest BCUT2D eigenvalue weighted by Gasteiger charge is -2.14. The minimum Gasteiger partial charge on any atom is -0.381 e. The van der Waals surface area contributed by atoms with E-state index in [0.29, 0.717) is 12.5 Å². The number of nitrogens with zero attached hydrogens (tertiary/aromatic N) is 1. The molecule has 2 fully saturated rings. The Hall–Kier alpha value is -1.10. The maximum absolute atomic E-state index is 11.2. The van der Waals surface area contributed by atoms with Gasteiger partial charge in [-0.3, -0.25) is 10.1 Å². The van der Waals surface area contributed by atoms with Gasteiger partial charge in [0.2, 0.25) is 5.91 Å². The van der Waals surface area contributed by atoms with E-state index in [2.05, 4.69) is 5.32 Å². The highest BCUT2D eigenvalue weighted by molar-refractivity contribution is 6.01. The Labute approximate surface area is 82.4 Å². The summed E-state index contributed by atoms with van der Waals surface area (Å²) < 4.78 is 5.23. The Morgan fingerprint density at radius 3 is 2.93 bits per heavy atom. The maximum atomic E-state index is 11.2. The average molecular weight is 198 g/mol. The summed E-state index contributed by atoms with van der Waals surface area (Å²) in [6, 6.07) is -0.256. The summed E-state index contributed by atoms with van der Waals surface area (Å²) in [6.07, 6.45) is 2.00. The second-order valence-corrected chi connectivity index (χ2v) is 3.79. The van der Waals surface area contributed by atoms with Crippen molar-refractivity contribution in [2.75, 3.05) is 26.3 Å². The van der Waals surface area contributed by atoms with Crippen molar-refractivity contribution < 1.29 is 14.3 Å². The first-order valence-corrected chi connectivity index (χ1v) is 4.92. The van der Waals surface area contributed by atoms with Crippen LogP contribution in [0.25, 0.3) is 0 Å². The van der Waals surface area contributed by atoms with Crippen molar-refractivity contribution in [1.82, 2.24) is 10.2 Å². The predicted octanol–water partition coefficient (Wildman–Crippen LogP) is -0.0352.